The Balaban J connectivity index is 1.79. The zero-order chi connectivity index (χ0) is 18.2. The maximum absolute atomic E-state index is 12.6. The fourth-order valence-corrected chi connectivity index (χ4v) is 4.79. The molecule has 0 aromatic carbocycles. The van der Waals surface area contributed by atoms with E-state index in [1.165, 1.54) is 7.05 Å². The number of hydrogen-bond donors (Lipinski definition) is 2. The third-order valence-corrected chi connectivity index (χ3v) is 7.01. The van der Waals surface area contributed by atoms with Crippen LogP contribution in [-0.2, 0) is 28.6 Å². The summed E-state index contributed by atoms with van der Waals surface area (Å²) >= 11 is 1.54. The minimum absolute atomic E-state index is 0.299. The van der Waals surface area contributed by atoms with Gasteiger partial charge in [-0.25, -0.2) is 0 Å². The number of aromatic nitrogens is 2. The van der Waals surface area contributed by atoms with Crippen LogP contribution in [0.4, 0.5) is 0 Å². The summed E-state index contributed by atoms with van der Waals surface area (Å²) in [5, 5.41) is 8.93. The number of amides is 1. The Hall–Kier alpha value is -1.75. The van der Waals surface area contributed by atoms with Crippen LogP contribution in [0.3, 0.4) is 0 Å². The van der Waals surface area contributed by atoms with E-state index in [0.29, 0.717) is 13.0 Å². The minimum atomic E-state index is -3.74. The summed E-state index contributed by atoms with van der Waals surface area (Å²) in [6.07, 6.45) is 1.99. The molecule has 1 amide bonds. The second-order valence-electron chi connectivity index (χ2n) is 6.05. The number of thiophene rings is 1. The molecule has 1 aliphatic rings. The van der Waals surface area contributed by atoms with Crippen molar-refractivity contribution in [2.75, 3.05) is 7.05 Å². The second kappa shape index (κ2) is 6.87. The van der Waals surface area contributed by atoms with E-state index in [2.05, 4.69) is 15.1 Å². The van der Waals surface area contributed by atoms with Crippen molar-refractivity contribution in [1.29, 1.82) is 0 Å². The molecule has 1 aliphatic heterocycles. The highest BCUT2D eigenvalue weighted by Crippen LogP contribution is 2.29. The first-order valence-corrected chi connectivity index (χ1v) is 10.2. The molecule has 2 atom stereocenters. The van der Waals surface area contributed by atoms with Gasteiger partial charge in [-0.15, -0.1) is 11.3 Å². The van der Waals surface area contributed by atoms with Gasteiger partial charge in [0.05, 0.1) is 18.8 Å². The van der Waals surface area contributed by atoms with E-state index < -0.39 is 22.3 Å². The molecule has 10 heteroatoms. The molecular formula is C15H21N5O3S2. The van der Waals surface area contributed by atoms with E-state index >= 15 is 0 Å². The lowest BCUT2D eigenvalue weighted by Crippen LogP contribution is -2.57. The van der Waals surface area contributed by atoms with Gasteiger partial charge in [0.1, 0.15) is 6.04 Å². The van der Waals surface area contributed by atoms with Crippen LogP contribution >= 0.6 is 11.3 Å². The molecular weight excluding hydrogens is 362 g/mol. The Morgan fingerprint density at radius 1 is 1.48 bits per heavy atom. The normalized spacial score (nSPS) is 23.5. The summed E-state index contributed by atoms with van der Waals surface area (Å²) in [4.78, 5) is 13.6. The molecule has 1 fully saturated rings. The summed E-state index contributed by atoms with van der Waals surface area (Å²) in [5.74, 6) is -0.299. The maximum Gasteiger partial charge on any atom is 0.280 e. The molecule has 1 saturated heterocycles. The van der Waals surface area contributed by atoms with Gasteiger partial charge in [0.15, 0.2) is 0 Å². The molecule has 2 aromatic heterocycles. The lowest BCUT2D eigenvalue weighted by molar-refractivity contribution is -0.125. The minimum Gasteiger partial charge on any atom is -0.350 e. The molecule has 3 rings (SSSR count). The van der Waals surface area contributed by atoms with E-state index in [0.717, 1.165) is 20.4 Å². The van der Waals surface area contributed by atoms with Crippen molar-refractivity contribution < 1.29 is 13.2 Å². The summed E-state index contributed by atoms with van der Waals surface area (Å²) in [6.45, 7) is 2.27. The van der Waals surface area contributed by atoms with Crippen LogP contribution < -0.4 is 10.0 Å². The standard InChI is InChI=1S/C15H21N5O3S2/c1-10-12(9-17-19(10)2)13-7-14(20(3)25(22,23)18-13)15(21)16-8-11-5-4-6-24-11/h4-6,9,13-14,18H,7-8H2,1-3H3,(H,16,21)/t13-,14+/m1/s1. The van der Waals surface area contributed by atoms with E-state index in [-0.39, 0.29) is 5.91 Å². The van der Waals surface area contributed by atoms with Gasteiger partial charge in [-0.2, -0.15) is 22.5 Å². The van der Waals surface area contributed by atoms with Gasteiger partial charge in [-0.05, 0) is 24.8 Å². The van der Waals surface area contributed by atoms with Crippen molar-refractivity contribution in [2.45, 2.75) is 32.0 Å². The Morgan fingerprint density at radius 3 is 2.84 bits per heavy atom. The Morgan fingerprint density at radius 2 is 2.24 bits per heavy atom. The van der Waals surface area contributed by atoms with Crippen molar-refractivity contribution in [1.82, 2.24) is 24.1 Å². The van der Waals surface area contributed by atoms with Gasteiger partial charge in [-0.1, -0.05) is 6.07 Å². The summed E-state index contributed by atoms with van der Waals surface area (Å²) in [6, 6.07) is 2.59. The Bertz CT molecular complexity index is 860. The molecule has 0 unspecified atom stereocenters. The average molecular weight is 383 g/mol. The number of rotatable bonds is 4. The SMILES string of the molecule is Cc1c([C@H]2C[C@@H](C(=O)NCc3cccs3)N(C)S(=O)(=O)N2)cnn1C. The summed E-state index contributed by atoms with van der Waals surface area (Å²) in [7, 11) is -0.525. The van der Waals surface area contributed by atoms with Gasteiger partial charge < -0.3 is 5.32 Å². The first kappa shape index (κ1) is 18.1. The zero-order valence-electron chi connectivity index (χ0n) is 14.3. The maximum atomic E-state index is 12.6. The van der Waals surface area contributed by atoms with Crippen LogP contribution in [0.5, 0.6) is 0 Å². The van der Waals surface area contributed by atoms with Gasteiger partial charge in [0.25, 0.3) is 10.2 Å². The number of likely N-dealkylation sites (N-methyl/N-ethyl adjacent to an activating group) is 1. The lowest BCUT2D eigenvalue weighted by atomic mass is 10.00. The first-order valence-electron chi connectivity index (χ1n) is 7.83. The van der Waals surface area contributed by atoms with Crippen LogP contribution in [0.2, 0.25) is 0 Å². The van der Waals surface area contributed by atoms with Gasteiger partial charge in [-0.3, -0.25) is 9.48 Å². The summed E-state index contributed by atoms with van der Waals surface area (Å²) in [5.41, 5.74) is 1.66. The number of nitrogens with one attached hydrogen (secondary N) is 2. The van der Waals surface area contributed by atoms with Crippen LogP contribution in [0.25, 0.3) is 0 Å². The Labute approximate surface area is 151 Å². The lowest BCUT2D eigenvalue weighted by Gasteiger charge is -2.36. The van der Waals surface area contributed by atoms with Crippen LogP contribution in [0, 0.1) is 6.92 Å². The Kier molecular flexibility index (Phi) is 4.96. The molecule has 0 saturated carbocycles. The van der Waals surface area contributed by atoms with Crippen LogP contribution in [-0.4, -0.2) is 41.5 Å². The van der Waals surface area contributed by atoms with Gasteiger partial charge >= 0.3 is 0 Å². The molecule has 136 valence electrons. The molecule has 0 aliphatic carbocycles. The van der Waals surface area contributed by atoms with Gasteiger partial charge in [0, 0.05) is 30.2 Å². The number of nitrogens with zero attached hydrogens (tertiary/aromatic N) is 3. The van der Waals surface area contributed by atoms with Crippen molar-refractivity contribution >= 4 is 27.5 Å². The van der Waals surface area contributed by atoms with Gasteiger partial charge in [0.2, 0.25) is 5.91 Å². The van der Waals surface area contributed by atoms with Crippen molar-refractivity contribution in [3.63, 3.8) is 0 Å². The molecule has 2 aromatic rings. The van der Waals surface area contributed by atoms with Crippen molar-refractivity contribution in [3.8, 4) is 0 Å². The molecule has 25 heavy (non-hydrogen) atoms. The predicted molar refractivity (Wildman–Crippen MR) is 95.1 cm³/mol. The second-order valence-corrected chi connectivity index (χ2v) is 8.84. The van der Waals surface area contributed by atoms with Crippen molar-refractivity contribution in [2.24, 2.45) is 7.05 Å². The van der Waals surface area contributed by atoms with E-state index in [4.69, 9.17) is 0 Å². The highest BCUT2D eigenvalue weighted by Gasteiger charge is 2.41. The van der Waals surface area contributed by atoms with Crippen molar-refractivity contribution in [3.05, 3.63) is 39.8 Å². The molecule has 3 heterocycles. The zero-order valence-corrected chi connectivity index (χ0v) is 15.9. The summed E-state index contributed by atoms with van der Waals surface area (Å²) < 4.78 is 30.3. The highest BCUT2D eigenvalue weighted by molar-refractivity contribution is 7.87. The molecule has 0 spiro atoms. The monoisotopic (exact) mass is 383 g/mol. The molecule has 0 radical (unpaired) electrons. The van der Waals surface area contributed by atoms with Crippen LogP contribution in [0.15, 0.2) is 23.7 Å². The fraction of sp³-hybridized carbons (Fsp3) is 0.467. The molecule has 8 nitrogen and oxygen atoms in total. The quantitative estimate of drug-likeness (QED) is 0.812. The predicted octanol–water partition coefficient (Wildman–Crippen LogP) is 0.686. The first-order chi connectivity index (χ1) is 11.8. The number of carbonyl (C=O) groups excluding carboxylic acids is 1. The van der Waals surface area contributed by atoms with E-state index in [1.54, 1.807) is 29.3 Å². The highest BCUT2D eigenvalue weighted by atomic mass is 32.2. The van der Waals surface area contributed by atoms with E-state index in [9.17, 15) is 13.2 Å². The number of carbonyl (C=O) groups is 1. The van der Waals surface area contributed by atoms with E-state index in [1.807, 2.05) is 24.4 Å². The molecule has 2 N–H and O–H groups in total. The van der Waals surface area contributed by atoms with Crippen LogP contribution in [0.1, 0.15) is 28.6 Å². The third kappa shape index (κ3) is 3.61. The number of aryl methyl sites for hydroxylation is 1. The smallest absolute Gasteiger partial charge is 0.280 e. The average Bonchev–Trinajstić information content (AvgIpc) is 3.19. The fourth-order valence-electron chi connectivity index (χ4n) is 2.88. The third-order valence-electron chi connectivity index (χ3n) is 4.54. The largest absolute Gasteiger partial charge is 0.350 e. The topological polar surface area (TPSA) is 96.3 Å². The molecule has 0 bridgehead atoms. The number of hydrogen-bond acceptors (Lipinski definition) is 5.